The number of fused-ring (bicyclic) bond motifs is 4. The van der Waals surface area contributed by atoms with Crippen LogP contribution in [-0.2, 0) is 13.6 Å². The molecular weight excluding hydrogens is 388 g/mol. The van der Waals surface area contributed by atoms with Crippen LogP contribution in [0.5, 0.6) is 0 Å². The van der Waals surface area contributed by atoms with Crippen molar-refractivity contribution in [2.45, 2.75) is 13.5 Å². The van der Waals surface area contributed by atoms with E-state index in [9.17, 15) is 0 Å². The summed E-state index contributed by atoms with van der Waals surface area (Å²) in [5.74, 6) is 0. The van der Waals surface area contributed by atoms with E-state index in [1.54, 1.807) is 0 Å². The monoisotopic (exact) mass is 413 g/mol. The van der Waals surface area contributed by atoms with Gasteiger partial charge in [-0.1, -0.05) is 60.2 Å². The number of hydrogen-bond acceptors (Lipinski definition) is 0. The minimum absolute atomic E-state index is 0.880. The first-order valence-corrected chi connectivity index (χ1v) is 11.1. The Morgan fingerprint density at radius 3 is 2.38 bits per heavy atom. The lowest BCUT2D eigenvalue weighted by Crippen LogP contribution is -2.28. The highest BCUT2D eigenvalue weighted by molar-refractivity contribution is 6.05. The third kappa shape index (κ3) is 3.16. The second-order valence-corrected chi connectivity index (χ2v) is 8.77. The molecule has 6 rings (SSSR count). The lowest BCUT2D eigenvalue weighted by molar-refractivity contribution is -0.643. The minimum Gasteiger partial charge on any atom is -0.343 e. The summed E-state index contributed by atoms with van der Waals surface area (Å²) >= 11 is 0. The standard InChI is InChI=1S/C30H25N2/c1-21-8-9-26-20-31(2)29-13-12-24(17-28(29)27(26)16-21)25-11-10-23-14-15-32(30(23)18-25)19-22-6-4-3-5-7-22/h3-18,20H,19H2,1-2H3/q+1. The molecule has 4 aromatic carbocycles. The molecule has 0 saturated heterocycles. The van der Waals surface area contributed by atoms with Crippen LogP contribution < -0.4 is 4.57 Å². The number of benzene rings is 4. The summed E-state index contributed by atoms with van der Waals surface area (Å²) in [5, 5.41) is 5.16. The largest absolute Gasteiger partial charge is 0.343 e. The molecule has 0 aliphatic rings. The quantitative estimate of drug-likeness (QED) is 0.223. The van der Waals surface area contributed by atoms with Gasteiger partial charge in [0.15, 0.2) is 6.20 Å². The van der Waals surface area contributed by atoms with E-state index in [0.717, 1.165) is 6.54 Å². The molecule has 2 aromatic heterocycles. The van der Waals surface area contributed by atoms with Gasteiger partial charge in [0.05, 0.1) is 5.39 Å². The van der Waals surface area contributed by atoms with Gasteiger partial charge in [0.2, 0.25) is 5.52 Å². The average Bonchev–Trinajstić information content (AvgIpc) is 3.22. The Morgan fingerprint density at radius 2 is 1.50 bits per heavy atom. The van der Waals surface area contributed by atoms with E-state index in [2.05, 4.69) is 126 Å². The van der Waals surface area contributed by atoms with Crippen molar-refractivity contribution in [2.24, 2.45) is 7.05 Å². The molecule has 0 atom stereocenters. The van der Waals surface area contributed by atoms with Gasteiger partial charge >= 0.3 is 0 Å². The fraction of sp³-hybridized carbons (Fsp3) is 0.100. The third-order valence-electron chi connectivity index (χ3n) is 6.51. The second kappa shape index (κ2) is 7.35. The van der Waals surface area contributed by atoms with Gasteiger partial charge in [-0.2, -0.15) is 0 Å². The van der Waals surface area contributed by atoms with Crippen molar-refractivity contribution in [3.63, 3.8) is 0 Å². The fourth-order valence-electron chi connectivity index (χ4n) is 4.81. The summed E-state index contributed by atoms with van der Waals surface area (Å²) in [7, 11) is 2.13. The van der Waals surface area contributed by atoms with Crippen LogP contribution in [0, 0.1) is 6.92 Å². The summed E-state index contributed by atoms with van der Waals surface area (Å²) in [4.78, 5) is 0. The van der Waals surface area contributed by atoms with Gasteiger partial charge in [-0.05, 0) is 59.3 Å². The number of nitrogens with zero attached hydrogens (tertiary/aromatic N) is 2. The van der Waals surface area contributed by atoms with Crippen molar-refractivity contribution in [1.29, 1.82) is 0 Å². The predicted octanol–water partition coefficient (Wildman–Crippen LogP) is 6.80. The molecule has 0 aliphatic carbocycles. The summed E-state index contributed by atoms with van der Waals surface area (Å²) in [6.07, 6.45) is 4.41. The van der Waals surface area contributed by atoms with Crippen molar-refractivity contribution in [3.05, 3.63) is 115 Å². The molecule has 0 saturated carbocycles. The highest BCUT2D eigenvalue weighted by atomic mass is 14.9. The fourth-order valence-corrected chi connectivity index (χ4v) is 4.81. The van der Waals surface area contributed by atoms with E-state index in [4.69, 9.17) is 0 Å². The van der Waals surface area contributed by atoms with Crippen molar-refractivity contribution < 1.29 is 4.57 Å². The van der Waals surface area contributed by atoms with Gasteiger partial charge in [-0.25, -0.2) is 4.57 Å². The van der Waals surface area contributed by atoms with Crippen LogP contribution in [0.1, 0.15) is 11.1 Å². The maximum Gasteiger partial charge on any atom is 0.212 e. The van der Waals surface area contributed by atoms with E-state index >= 15 is 0 Å². The van der Waals surface area contributed by atoms with Crippen molar-refractivity contribution in [2.75, 3.05) is 0 Å². The molecule has 0 spiro atoms. The van der Waals surface area contributed by atoms with E-state index in [-0.39, 0.29) is 0 Å². The minimum atomic E-state index is 0.880. The number of rotatable bonds is 3. The number of aromatic nitrogens is 2. The molecule has 0 aliphatic heterocycles. The SMILES string of the molecule is Cc1ccc2c[n+](C)c3ccc(-c4ccc5ccn(Cc6ccccc6)c5c4)cc3c2c1. The zero-order valence-corrected chi connectivity index (χ0v) is 18.4. The van der Waals surface area contributed by atoms with Crippen molar-refractivity contribution in [1.82, 2.24) is 4.57 Å². The molecule has 0 N–H and O–H groups in total. The third-order valence-corrected chi connectivity index (χ3v) is 6.51. The van der Waals surface area contributed by atoms with E-state index in [0.29, 0.717) is 0 Å². The molecule has 0 radical (unpaired) electrons. The maximum absolute atomic E-state index is 2.35. The Labute approximate surface area is 188 Å². The lowest BCUT2D eigenvalue weighted by Gasteiger charge is -2.09. The summed E-state index contributed by atoms with van der Waals surface area (Å²) in [5.41, 5.74) is 7.63. The van der Waals surface area contributed by atoms with Gasteiger partial charge in [0, 0.05) is 35.1 Å². The summed E-state index contributed by atoms with van der Waals surface area (Å²) in [6, 6.07) is 33.2. The van der Waals surface area contributed by atoms with Gasteiger partial charge in [0.25, 0.3) is 0 Å². The van der Waals surface area contributed by atoms with Crippen LogP contribution >= 0.6 is 0 Å². The maximum atomic E-state index is 2.35. The Bertz CT molecular complexity index is 1610. The Balaban J connectivity index is 1.50. The van der Waals surface area contributed by atoms with Crippen LogP contribution in [0.2, 0.25) is 0 Å². The second-order valence-electron chi connectivity index (χ2n) is 8.77. The lowest BCUT2D eigenvalue weighted by atomic mass is 9.98. The molecule has 0 fully saturated rings. The highest BCUT2D eigenvalue weighted by Crippen LogP contribution is 2.31. The van der Waals surface area contributed by atoms with E-state index < -0.39 is 0 Å². The molecule has 6 aromatic rings. The first-order valence-electron chi connectivity index (χ1n) is 11.1. The van der Waals surface area contributed by atoms with Crippen LogP contribution in [0.3, 0.4) is 0 Å². The Kier molecular flexibility index (Phi) is 4.32. The number of aryl methyl sites for hydroxylation is 2. The predicted molar refractivity (Wildman–Crippen MR) is 134 cm³/mol. The van der Waals surface area contributed by atoms with E-state index in [1.165, 1.54) is 54.8 Å². The van der Waals surface area contributed by atoms with Crippen LogP contribution in [0.4, 0.5) is 0 Å². The first kappa shape index (κ1) is 18.8. The zero-order valence-electron chi connectivity index (χ0n) is 18.4. The zero-order chi connectivity index (χ0) is 21.7. The molecule has 2 heterocycles. The van der Waals surface area contributed by atoms with Crippen LogP contribution in [-0.4, -0.2) is 4.57 Å². The Hall–Kier alpha value is -3.91. The van der Waals surface area contributed by atoms with Crippen molar-refractivity contribution in [3.8, 4) is 11.1 Å². The highest BCUT2D eigenvalue weighted by Gasteiger charge is 2.13. The van der Waals surface area contributed by atoms with Crippen molar-refractivity contribution >= 4 is 32.6 Å². The summed E-state index contributed by atoms with van der Waals surface area (Å²) < 4.78 is 4.57. The van der Waals surface area contributed by atoms with E-state index in [1.807, 2.05) is 0 Å². The Morgan fingerprint density at radius 1 is 0.719 bits per heavy atom. The molecule has 32 heavy (non-hydrogen) atoms. The normalized spacial score (nSPS) is 11.6. The molecule has 2 heteroatoms. The van der Waals surface area contributed by atoms with Gasteiger partial charge in [-0.3, -0.25) is 0 Å². The van der Waals surface area contributed by atoms with Crippen LogP contribution in [0.25, 0.3) is 43.7 Å². The van der Waals surface area contributed by atoms with Gasteiger partial charge in [0.1, 0.15) is 7.05 Å². The average molecular weight is 414 g/mol. The molecular formula is C30H25N2+. The molecule has 0 bridgehead atoms. The number of hydrogen-bond donors (Lipinski definition) is 0. The number of pyridine rings is 1. The molecule has 154 valence electrons. The smallest absolute Gasteiger partial charge is 0.212 e. The summed E-state index contributed by atoms with van der Waals surface area (Å²) in [6.45, 7) is 3.04. The first-order chi connectivity index (χ1) is 15.7. The molecule has 2 nitrogen and oxygen atoms in total. The molecule has 0 amide bonds. The topological polar surface area (TPSA) is 8.81 Å². The van der Waals surface area contributed by atoms with Gasteiger partial charge in [-0.15, -0.1) is 0 Å². The molecule has 0 unspecified atom stereocenters. The van der Waals surface area contributed by atoms with Crippen LogP contribution in [0.15, 0.2) is 103 Å². The van der Waals surface area contributed by atoms with Gasteiger partial charge < -0.3 is 4.57 Å².